The van der Waals surface area contributed by atoms with Gasteiger partial charge in [0.1, 0.15) is 5.75 Å². The number of carbonyl (C=O) groups is 2. The van der Waals surface area contributed by atoms with Crippen LogP contribution in [-0.4, -0.2) is 41.2 Å². The second-order valence-electron chi connectivity index (χ2n) is 7.04. The number of amides is 1. The lowest BCUT2D eigenvalue weighted by atomic mass is 10.1. The Morgan fingerprint density at radius 1 is 0.909 bits per heavy atom. The van der Waals surface area contributed by atoms with Gasteiger partial charge in [0.2, 0.25) is 10.0 Å². The SMILES string of the molecule is COC(=O)c1ccccc1S(=O)(=O)NCCc1ccc(OC(=O)N(C)c2ccccc2)cc1. The van der Waals surface area contributed by atoms with E-state index in [-0.39, 0.29) is 17.0 Å². The van der Waals surface area contributed by atoms with Gasteiger partial charge in [-0.15, -0.1) is 0 Å². The van der Waals surface area contributed by atoms with E-state index in [0.717, 1.165) is 5.56 Å². The highest BCUT2D eigenvalue weighted by molar-refractivity contribution is 7.89. The molecule has 9 heteroatoms. The molecule has 0 saturated heterocycles. The molecule has 0 radical (unpaired) electrons. The van der Waals surface area contributed by atoms with E-state index < -0.39 is 22.1 Å². The normalized spacial score (nSPS) is 11.0. The highest BCUT2D eigenvalue weighted by Crippen LogP contribution is 2.18. The highest BCUT2D eigenvalue weighted by atomic mass is 32.2. The van der Waals surface area contributed by atoms with Crippen molar-refractivity contribution in [1.82, 2.24) is 4.72 Å². The van der Waals surface area contributed by atoms with Gasteiger partial charge in [0.15, 0.2) is 0 Å². The van der Waals surface area contributed by atoms with Crippen molar-refractivity contribution in [1.29, 1.82) is 0 Å². The molecule has 0 spiro atoms. The Kier molecular flexibility index (Phi) is 7.81. The Labute approximate surface area is 192 Å². The van der Waals surface area contributed by atoms with Crippen LogP contribution < -0.4 is 14.4 Å². The first-order valence-corrected chi connectivity index (χ1v) is 11.6. The van der Waals surface area contributed by atoms with E-state index in [1.54, 1.807) is 49.5 Å². The molecule has 0 bridgehead atoms. The predicted octanol–water partition coefficient (Wildman–Crippen LogP) is 3.63. The first-order chi connectivity index (χ1) is 15.8. The third-order valence-electron chi connectivity index (χ3n) is 4.83. The number of nitrogens with zero attached hydrogens (tertiary/aromatic N) is 1. The Balaban J connectivity index is 1.57. The van der Waals surface area contributed by atoms with Crippen LogP contribution in [0.4, 0.5) is 10.5 Å². The van der Waals surface area contributed by atoms with Crippen molar-refractivity contribution < 1.29 is 27.5 Å². The first-order valence-electron chi connectivity index (χ1n) is 10.1. The molecule has 3 rings (SSSR count). The zero-order chi connectivity index (χ0) is 23.8. The van der Waals surface area contributed by atoms with E-state index in [2.05, 4.69) is 9.46 Å². The van der Waals surface area contributed by atoms with E-state index in [1.807, 2.05) is 18.2 Å². The fourth-order valence-corrected chi connectivity index (χ4v) is 4.26. The number of sulfonamides is 1. The van der Waals surface area contributed by atoms with E-state index in [9.17, 15) is 18.0 Å². The molecule has 1 N–H and O–H groups in total. The molecular weight excluding hydrogens is 444 g/mol. The number of esters is 1. The van der Waals surface area contributed by atoms with Crippen LogP contribution in [0.15, 0.2) is 83.8 Å². The Bertz CT molecular complexity index is 1210. The third kappa shape index (κ3) is 6.18. The number of rotatable bonds is 8. The van der Waals surface area contributed by atoms with E-state index >= 15 is 0 Å². The molecule has 8 nitrogen and oxygen atoms in total. The molecular formula is C24H24N2O6S. The fraction of sp³-hybridized carbons (Fsp3) is 0.167. The van der Waals surface area contributed by atoms with Crippen molar-refractivity contribution in [2.24, 2.45) is 0 Å². The maximum absolute atomic E-state index is 12.6. The van der Waals surface area contributed by atoms with Crippen molar-refractivity contribution in [3.63, 3.8) is 0 Å². The van der Waals surface area contributed by atoms with Crippen LogP contribution in [0, 0.1) is 0 Å². The lowest BCUT2D eigenvalue weighted by Crippen LogP contribution is -2.29. The summed E-state index contributed by atoms with van der Waals surface area (Å²) < 4.78 is 37.8. The molecule has 0 aliphatic rings. The van der Waals surface area contributed by atoms with Crippen LogP contribution in [0.3, 0.4) is 0 Å². The zero-order valence-electron chi connectivity index (χ0n) is 18.2. The highest BCUT2D eigenvalue weighted by Gasteiger charge is 2.22. The van der Waals surface area contributed by atoms with Gasteiger partial charge in [0.25, 0.3) is 0 Å². The number of benzene rings is 3. The lowest BCUT2D eigenvalue weighted by Gasteiger charge is -2.16. The van der Waals surface area contributed by atoms with Crippen LogP contribution in [-0.2, 0) is 21.2 Å². The van der Waals surface area contributed by atoms with Gasteiger partial charge in [-0.25, -0.2) is 22.7 Å². The number of anilines is 1. The van der Waals surface area contributed by atoms with E-state index in [1.165, 1.54) is 30.2 Å². The van der Waals surface area contributed by atoms with Gasteiger partial charge in [-0.1, -0.05) is 42.5 Å². The average molecular weight is 469 g/mol. The number of ether oxygens (including phenoxy) is 2. The second-order valence-corrected chi connectivity index (χ2v) is 8.78. The van der Waals surface area contributed by atoms with Gasteiger partial charge < -0.3 is 9.47 Å². The minimum absolute atomic E-state index is 0.0286. The smallest absolute Gasteiger partial charge is 0.419 e. The fourth-order valence-electron chi connectivity index (χ4n) is 3.04. The maximum atomic E-state index is 12.6. The van der Waals surface area contributed by atoms with Gasteiger partial charge in [0.05, 0.1) is 17.6 Å². The average Bonchev–Trinajstić information content (AvgIpc) is 2.84. The van der Waals surface area contributed by atoms with Gasteiger partial charge in [-0.3, -0.25) is 4.90 Å². The van der Waals surface area contributed by atoms with Gasteiger partial charge in [-0.05, 0) is 48.4 Å². The largest absolute Gasteiger partial charge is 0.465 e. The number of hydrogen-bond donors (Lipinski definition) is 1. The summed E-state index contributed by atoms with van der Waals surface area (Å²) >= 11 is 0. The number of methoxy groups -OCH3 is 1. The van der Waals surface area contributed by atoms with Crippen LogP contribution in [0.2, 0.25) is 0 Å². The van der Waals surface area contributed by atoms with Gasteiger partial charge in [-0.2, -0.15) is 0 Å². The summed E-state index contributed by atoms with van der Waals surface area (Å²) in [6.07, 6.45) is -0.122. The summed E-state index contributed by atoms with van der Waals surface area (Å²) in [6.45, 7) is 0.119. The van der Waals surface area contributed by atoms with Crippen LogP contribution >= 0.6 is 0 Å². The summed E-state index contributed by atoms with van der Waals surface area (Å²) in [5, 5.41) is 0. The molecule has 0 saturated carbocycles. The molecule has 0 atom stereocenters. The summed E-state index contributed by atoms with van der Waals surface area (Å²) in [6, 6.07) is 21.8. The van der Waals surface area contributed by atoms with Crippen molar-refractivity contribution >= 4 is 27.8 Å². The summed E-state index contributed by atoms with van der Waals surface area (Å²) in [5.41, 5.74) is 1.52. The van der Waals surface area contributed by atoms with Crippen molar-refractivity contribution in [2.45, 2.75) is 11.3 Å². The Morgan fingerprint density at radius 3 is 2.21 bits per heavy atom. The van der Waals surface area contributed by atoms with E-state index in [4.69, 9.17) is 4.74 Å². The number of para-hydroxylation sites is 1. The number of hydrogen-bond acceptors (Lipinski definition) is 6. The molecule has 0 aromatic heterocycles. The zero-order valence-corrected chi connectivity index (χ0v) is 19.0. The minimum Gasteiger partial charge on any atom is -0.465 e. The number of nitrogens with one attached hydrogen (secondary N) is 1. The molecule has 1 amide bonds. The van der Waals surface area contributed by atoms with Crippen LogP contribution in [0.25, 0.3) is 0 Å². The van der Waals surface area contributed by atoms with Gasteiger partial charge in [0, 0.05) is 19.3 Å². The molecule has 0 aliphatic carbocycles. The van der Waals surface area contributed by atoms with E-state index in [0.29, 0.717) is 17.9 Å². The Hall–Kier alpha value is -3.69. The van der Waals surface area contributed by atoms with Crippen LogP contribution in [0.1, 0.15) is 15.9 Å². The molecule has 3 aromatic carbocycles. The predicted molar refractivity (Wildman–Crippen MR) is 124 cm³/mol. The first kappa shape index (κ1) is 24.0. The van der Waals surface area contributed by atoms with Gasteiger partial charge >= 0.3 is 12.1 Å². The summed E-state index contributed by atoms with van der Waals surface area (Å²) in [4.78, 5) is 25.4. The lowest BCUT2D eigenvalue weighted by molar-refractivity contribution is 0.0596. The molecule has 0 aliphatic heterocycles. The Morgan fingerprint density at radius 2 is 1.55 bits per heavy atom. The topological polar surface area (TPSA) is 102 Å². The molecule has 3 aromatic rings. The summed E-state index contributed by atoms with van der Waals surface area (Å²) in [7, 11) is -1.09. The molecule has 0 heterocycles. The molecule has 33 heavy (non-hydrogen) atoms. The minimum atomic E-state index is -3.90. The van der Waals surface area contributed by atoms with Crippen molar-refractivity contribution in [3.8, 4) is 5.75 Å². The standard InChI is InChI=1S/C24H24N2O6S/c1-26(19-8-4-3-5-9-19)24(28)32-20-14-12-18(13-15-20)16-17-25-33(29,30)22-11-7-6-10-21(22)23(27)31-2/h3-15,25H,16-17H2,1-2H3. The maximum Gasteiger partial charge on any atom is 0.419 e. The van der Waals surface area contributed by atoms with Crippen LogP contribution in [0.5, 0.6) is 5.75 Å². The third-order valence-corrected chi connectivity index (χ3v) is 6.35. The monoisotopic (exact) mass is 468 g/mol. The molecule has 0 fully saturated rings. The van der Waals surface area contributed by atoms with Crippen molar-refractivity contribution in [3.05, 3.63) is 90.0 Å². The molecule has 0 unspecified atom stereocenters. The summed E-state index contributed by atoms with van der Waals surface area (Å²) in [5.74, 6) is -0.349. The van der Waals surface area contributed by atoms with Crippen molar-refractivity contribution in [2.75, 3.05) is 25.6 Å². The molecule has 172 valence electrons. The second kappa shape index (κ2) is 10.8. The quantitative estimate of drug-likeness (QED) is 0.507. The number of carbonyl (C=O) groups excluding carboxylic acids is 2.